The van der Waals surface area contributed by atoms with Gasteiger partial charge in [0.15, 0.2) is 11.6 Å². The first-order chi connectivity index (χ1) is 9.56. The van der Waals surface area contributed by atoms with Gasteiger partial charge < -0.3 is 15.2 Å². The Morgan fingerprint density at radius 2 is 1.70 bits per heavy atom. The van der Waals surface area contributed by atoms with Crippen LogP contribution in [0.2, 0.25) is 0 Å². The molecule has 2 aromatic carbocycles. The van der Waals surface area contributed by atoms with Crippen molar-refractivity contribution in [2.24, 2.45) is 0 Å². The molecule has 0 aliphatic heterocycles. The molecule has 106 valence electrons. The van der Waals surface area contributed by atoms with Crippen LogP contribution < -0.4 is 15.2 Å². The molecule has 0 saturated carbocycles. The largest absolute Gasteiger partial charge is 0.490 e. The van der Waals surface area contributed by atoms with Crippen molar-refractivity contribution in [1.29, 1.82) is 0 Å². The second-order valence-corrected chi connectivity index (χ2v) is 4.30. The molecule has 0 unspecified atom stereocenters. The van der Waals surface area contributed by atoms with E-state index in [1.165, 1.54) is 6.07 Å². The average molecular weight is 279 g/mol. The second-order valence-electron chi connectivity index (χ2n) is 4.30. The molecule has 0 atom stereocenters. The van der Waals surface area contributed by atoms with Gasteiger partial charge in [-0.1, -0.05) is 6.07 Å². The fourth-order valence-corrected chi connectivity index (χ4v) is 1.65. The number of hydrogen-bond donors (Lipinski definition) is 1. The lowest BCUT2D eigenvalue weighted by Crippen LogP contribution is -2.10. The first-order valence-electron chi connectivity index (χ1n) is 6.13. The van der Waals surface area contributed by atoms with Crippen LogP contribution in [0.4, 0.5) is 14.5 Å². The van der Waals surface area contributed by atoms with Crippen LogP contribution in [0.3, 0.4) is 0 Å². The second kappa shape index (κ2) is 6.23. The molecule has 0 amide bonds. The highest BCUT2D eigenvalue weighted by Gasteiger charge is 2.04. The van der Waals surface area contributed by atoms with Gasteiger partial charge in [-0.3, -0.25) is 0 Å². The molecule has 0 aromatic heterocycles. The van der Waals surface area contributed by atoms with E-state index >= 15 is 0 Å². The number of halogens is 2. The van der Waals surface area contributed by atoms with Crippen LogP contribution in [0.25, 0.3) is 0 Å². The van der Waals surface area contributed by atoms with Gasteiger partial charge in [-0.05, 0) is 30.7 Å². The van der Waals surface area contributed by atoms with Gasteiger partial charge >= 0.3 is 0 Å². The van der Waals surface area contributed by atoms with E-state index in [1.807, 2.05) is 13.0 Å². The summed E-state index contributed by atoms with van der Waals surface area (Å²) in [5, 5.41) is 0. The Balaban J connectivity index is 1.84. The minimum absolute atomic E-state index is 0.222. The lowest BCUT2D eigenvalue weighted by molar-refractivity contribution is 0.215. The average Bonchev–Trinajstić information content (AvgIpc) is 2.42. The number of hydrogen-bond acceptors (Lipinski definition) is 3. The zero-order valence-electron chi connectivity index (χ0n) is 11.0. The first kappa shape index (κ1) is 14.1. The monoisotopic (exact) mass is 279 g/mol. The number of aryl methyl sites for hydroxylation is 1. The third kappa shape index (κ3) is 3.60. The summed E-state index contributed by atoms with van der Waals surface area (Å²) in [5.74, 6) is -0.894. The maximum Gasteiger partial charge on any atom is 0.162 e. The molecule has 0 radical (unpaired) electrons. The summed E-state index contributed by atoms with van der Waals surface area (Å²) in [6, 6.07) is 8.77. The van der Waals surface area contributed by atoms with Crippen LogP contribution in [0.5, 0.6) is 11.5 Å². The van der Waals surface area contributed by atoms with E-state index in [4.69, 9.17) is 15.2 Å². The Morgan fingerprint density at radius 1 is 0.950 bits per heavy atom. The Bertz CT molecular complexity index is 602. The molecule has 2 rings (SSSR count). The molecule has 2 aromatic rings. The highest BCUT2D eigenvalue weighted by molar-refractivity contribution is 5.47. The molecule has 0 heterocycles. The van der Waals surface area contributed by atoms with Gasteiger partial charge in [-0.15, -0.1) is 0 Å². The van der Waals surface area contributed by atoms with Crippen LogP contribution in [0, 0.1) is 18.6 Å². The first-order valence-corrected chi connectivity index (χ1v) is 6.13. The molecule has 20 heavy (non-hydrogen) atoms. The van der Waals surface area contributed by atoms with Crippen molar-refractivity contribution in [3.63, 3.8) is 0 Å². The van der Waals surface area contributed by atoms with Crippen LogP contribution in [0.1, 0.15) is 5.56 Å². The van der Waals surface area contributed by atoms with Gasteiger partial charge in [0.1, 0.15) is 24.7 Å². The maximum atomic E-state index is 13.0. The Hall–Kier alpha value is -2.30. The van der Waals surface area contributed by atoms with Gasteiger partial charge in [0.2, 0.25) is 0 Å². The zero-order chi connectivity index (χ0) is 14.5. The third-order valence-corrected chi connectivity index (χ3v) is 2.71. The van der Waals surface area contributed by atoms with Crippen molar-refractivity contribution in [2.75, 3.05) is 18.9 Å². The molecule has 3 nitrogen and oxygen atoms in total. The number of benzene rings is 2. The molecule has 0 bridgehead atoms. The minimum Gasteiger partial charge on any atom is -0.490 e. The molecule has 0 aliphatic rings. The van der Waals surface area contributed by atoms with Crippen LogP contribution in [-0.4, -0.2) is 13.2 Å². The summed E-state index contributed by atoms with van der Waals surface area (Å²) in [7, 11) is 0. The lowest BCUT2D eigenvalue weighted by Gasteiger charge is -2.11. The van der Waals surface area contributed by atoms with E-state index in [0.717, 1.165) is 17.7 Å². The summed E-state index contributed by atoms with van der Waals surface area (Å²) in [6.07, 6.45) is 0. The molecule has 5 heteroatoms. The highest BCUT2D eigenvalue weighted by atomic mass is 19.2. The van der Waals surface area contributed by atoms with E-state index in [1.54, 1.807) is 12.1 Å². The molecular formula is C15H15F2NO2. The Kier molecular flexibility index (Phi) is 4.40. The lowest BCUT2D eigenvalue weighted by atomic mass is 10.2. The summed E-state index contributed by atoms with van der Waals surface area (Å²) < 4.78 is 36.5. The van der Waals surface area contributed by atoms with Gasteiger partial charge in [0.05, 0.1) is 0 Å². The predicted molar refractivity (Wildman–Crippen MR) is 72.9 cm³/mol. The normalized spacial score (nSPS) is 10.3. The number of anilines is 1. The number of nitrogens with two attached hydrogens (primary N) is 1. The van der Waals surface area contributed by atoms with Crippen LogP contribution >= 0.6 is 0 Å². The smallest absolute Gasteiger partial charge is 0.162 e. The Morgan fingerprint density at radius 3 is 2.45 bits per heavy atom. The van der Waals surface area contributed by atoms with E-state index in [0.29, 0.717) is 11.4 Å². The Labute approximate surface area is 115 Å². The topological polar surface area (TPSA) is 44.5 Å². The molecule has 0 aliphatic carbocycles. The van der Waals surface area contributed by atoms with Crippen LogP contribution in [-0.2, 0) is 0 Å². The quantitative estimate of drug-likeness (QED) is 0.674. The maximum absolute atomic E-state index is 13.0. The van der Waals surface area contributed by atoms with Crippen molar-refractivity contribution in [3.8, 4) is 11.5 Å². The van der Waals surface area contributed by atoms with Gasteiger partial charge in [0.25, 0.3) is 0 Å². The van der Waals surface area contributed by atoms with E-state index in [-0.39, 0.29) is 19.0 Å². The zero-order valence-corrected chi connectivity index (χ0v) is 11.0. The van der Waals surface area contributed by atoms with Crippen molar-refractivity contribution < 1.29 is 18.3 Å². The van der Waals surface area contributed by atoms with Crippen molar-refractivity contribution in [3.05, 3.63) is 53.6 Å². The fraction of sp³-hybridized carbons (Fsp3) is 0.200. The highest BCUT2D eigenvalue weighted by Crippen LogP contribution is 2.21. The predicted octanol–water partition coefficient (Wildman–Crippen LogP) is 3.31. The molecular weight excluding hydrogens is 264 g/mol. The standard InChI is InChI=1S/C15H15F2NO2/c1-10-2-3-11(18)8-15(10)20-7-6-19-12-4-5-13(16)14(17)9-12/h2-5,8-9H,6-7,18H2,1H3. The number of ether oxygens (including phenoxy) is 2. The SMILES string of the molecule is Cc1ccc(N)cc1OCCOc1ccc(F)c(F)c1. The van der Waals surface area contributed by atoms with Crippen LogP contribution in [0.15, 0.2) is 36.4 Å². The molecule has 0 spiro atoms. The summed E-state index contributed by atoms with van der Waals surface area (Å²) >= 11 is 0. The van der Waals surface area contributed by atoms with E-state index in [9.17, 15) is 8.78 Å². The number of nitrogen functional groups attached to an aromatic ring is 1. The minimum atomic E-state index is -0.935. The number of rotatable bonds is 5. The van der Waals surface area contributed by atoms with E-state index < -0.39 is 11.6 Å². The third-order valence-electron chi connectivity index (χ3n) is 2.71. The summed E-state index contributed by atoms with van der Waals surface area (Å²) in [5.41, 5.74) is 7.25. The molecule has 0 fully saturated rings. The molecule has 2 N–H and O–H groups in total. The van der Waals surface area contributed by atoms with Gasteiger partial charge in [-0.2, -0.15) is 0 Å². The van der Waals surface area contributed by atoms with Gasteiger partial charge in [0, 0.05) is 17.8 Å². The van der Waals surface area contributed by atoms with Gasteiger partial charge in [-0.25, -0.2) is 8.78 Å². The summed E-state index contributed by atoms with van der Waals surface area (Å²) in [4.78, 5) is 0. The van der Waals surface area contributed by atoms with E-state index in [2.05, 4.69) is 0 Å². The summed E-state index contributed by atoms with van der Waals surface area (Å²) in [6.45, 7) is 2.41. The van der Waals surface area contributed by atoms with Crippen molar-refractivity contribution in [1.82, 2.24) is 0 Å². The van der Waals surface area contributed by atoms with Crippen molar-refractivity contribution >= 4 is 5.69 Å². The van der Waals surface area contributed by atoms with Crippen molar-refractivity contribution in [2.45, 2.75) is 6.92 Å². The fourth-order valence-electron chi connectivity index (χ4n) is 1.65. The molecule has 0 saturated heterocycles.